The number of aryl methyl sites for hydroxylation is 2. The van der Waals surface area contributed by atoms with Crippen molar-refractivity contribution in [2.45, 2.75) is 39.2 Å². The number of amides is 1. The fraction of sp³-hybridized carbons (Fsp3) is 0.318. The predicted molar refractivity (Wildman–Crippen MR) is 108 cm³/mol. The highest BCUT2D eigenvalue weighted by molar-refractivity contribution is 5.92. The number of rotatable bonds is 4. The Morgan fingerprint density at radius 3 is 2.90 bits per heavy atom. The number of benzene rings is 1. The number of carbonyl (C=O) groups excluding carboxylic acids is 1. The van der Waals surface area contributed by atoms with E-state index in [0.717, 1.165) is 34.9 Å². The molecule has 1 aliphatic rings. The maximum Gasteiger partial charge on any atom is 0.267 e. The third-order valence-corrected chi connectivity index (χ3v) is 5.68. The van der Waals surface area contributed by atoms with E-state index < -0.39 is 0 Å². The Bertz CT molecular complexity index is 1200. The van der Waals surface area contributed by atoms with Crippen LogP contribution in [-0.4, -0.2) is 37.7 Å². The molecule has 0 N–H and O–H groups in total. The van der Waals surface area contributed by atoms with E-state index in [4.69, 9.17) is 8.94 Å². The highest BCUT2D eigenvalue weighted by Gasteiger charge is 2.34. The highest BCUT2D eigenvalue weighted by atomic mass is 16.5. The van der Waals surface area contributed by atoms with E-state index >= 15 is 0 Å². The van der Waals surface area contributed by atoms with Gasteiger partial charge < -0.3 is 13.8 Å². The van der Waals surface area contributed by atoms with E-state index in [2.05, 4.69) is 20.3 Å². The zero-order valence-corrected chi connectivity index (χ0v) is 16.8. The van der Waals surface area contributed by atoms with Gasteiger partial charge in [0.05, 0.1) is 12.1 Å². The SMILES string of the molecule is Cc1noc(C)c1CC(=O)N1CCCC1c1nnc(-c2nccc3ccccc23)o1. The molecule has 1 aliphatic heterocycles. The Labute approximate surface area is 172 Å². The highest BCUT2D eigenvalue weighted by Crippen LogP contribution is 2.34. The van der Waals surface area contributed by atoms with Crippen molar-refractivity contribution in [1.29, 1.82) is 0 Å². The number of fused-ring (bicyclic) bond motifs is 1. The second kappa shape index (κ2) is 7.37. The summed E-state index contributed by atoms with van der Waals surface area (Å²) in [5, 5.41) is 14.4. The number of hydrogen-bond acceptors (Lipinski definition) is 7. The van der Waals surface area contributed by atoms with Crippen LogP contribution in [0.2, 0.25) is 0 Å². The number of pyridine rings is 1. The molecule has 1 aromatic carbocycles. The van der Waals surface area contributed by atoms with Gasteiger partial charge in [-0.05, 0) is 38.1 Å². The molecule has 0 bridgehead atoms. The lowest BCUT2D eigenvalue weighted by molar-refractivity contribution is -0.131. The molecular formula is C22H21N5O3. The van der Waals surface area contributed by atoms with Crippen molar-refractivity contribution in [2.75, 3.05) is 6.54 Å². The van der Waals surface area contributed by atoms with Gasteiger partial charge in [0, 0.05) is 23.7 Å². The van der Waals surface area contributed by atoms with Crippen molar-refractivity contribution in [3.63, 3.8) is 0 Å². The van der Waals surface area contributed by atoms with Crippen LogP contribution >= 0.6 is 0 Å². The molecule has 0 radical (unpaired) electrons. The van der Waals surface area contributed by atoms with Crippen molar-refractivity contribution < 1.29 is 13.7 Å². The first-order chi connectivity index (χ1) is 14.6. The molecule has 152 valence electrons. The third kappa shape index (κ3) is 3.14. The van der Waals surface area contributed by atoms with Gasteiger partial charge >= 0.3 is 0 Å². The van der Waals surface area contributed by atoms with Crippen molar-refractivity contribution in [2.24, 2.45) is 0 Å². The molecule has 1 saturated heterocycles. The Hall–Kier alpha value is -3.55. The summed E-state index contributed by atoms with van der Waals surface area (Å²) in [6.45, 7) is 4.34. The van der Waals surface area contributed by atoms with Crippen molar-refractivity contribution >= 4 is 16.7 Å². The van der Waals surface area contributed by atoms with E-state index in [1.165, 1.54) is 0 Å². The van der Waals surface area contributed by atoms with Gasteiger partial charge in [0.15, 0.2) is 0 Å². The molecule has 3 aromatic heterocycles. The largest absolute Gasteiger partial charge is 0.417 e. The van der Waals surface area contributed by atoms with Gasteiger partial charge in [-0.25, -0.2) is 0 Å². The molecule has 0 aliphatic carbocycles. The summed E-state index contributed by atoms with van der Waals surface area (Å²) in [7, 11) is 0. The molecule has 1 amide bonds. The van der Waals surface area contributed by atoms with E-state index in [-0.39, 0.29) is 18.4 Å². The Balaban J connectivity index is 1.42. The molecule has 4 heterocycles. The summed E-state index contributed by atoms with van der Waals surface area (Å²) in [5.41, 5.74) is 2.24. The molecule has 1 fully saturated rings. The van der Waals surface area contributed by atoms with Gasteiger partial charge in [0.2, 0.25) is 11.8 Å². The molecule has 0 spiro atoms. The molecule has 0 saturated carbocycles. The summed E-state index contributed by atoms with van der Waals surface area (Å²) in [6, 6.07) is 9.65. The van der Waals surface area contributed by atoms with Crippen LogP contribution < -0.4 is 0 Å². The maximum absolute atomic E-state index is 13.0. The van der Waals surface area contributed by atoms with Crippen LogP contribution in [0.1, 0.15) is 41.8 Å². The average Bonchev–Trinajstić information content (AvgIpc) is 3.50. The predicted octanol–water partition coefficient (Wildman–Crippen LogP) is 3.80. The zero-order chi connectivity index (χ0) is 20.7. The Morgan fingerprint density at radius 1 is 1.20 bits per heavy atom. The lowest BCUT2D eigenvalue weighted by Crippen LogP contribution is -2.32. The summed E-state index contributed by atoms with van der Waals surface area (Å²) in [5.74, 6) is 1.50. The van der Waals surface area contributed by atoms with E-state index in [9.17, 15) is 4.79 Å². The van der Waals surface area contributed by atoms with Crippen LogP contribution in [0.5, 0.6) is 0 Å². The van der Waals surface area contributed by atoms with Gasteiger partial charge in [-0.15, -0.1) is 10.2 Å². The summed E-state index contributed by atoms with van der Waals surface area (Å²) in [6.07, 6.45) is 3.67. The fourth-order valence-electron chi connectivity index (χ4n) is 4.08. The average molecular weight is 403 g/mol. The van der Waals surface area contributed by atoms with Crippen molar-refractivity contribution in [3.05, 3.63) is 59.4 Å². The monoisotopic (exact) mass is 403 g/mol. The minimum atomic E-state index is -0.228. The van der Waals surface area contributed by atoms with E-state index in [1.807, 2.05) is 49.1 Å². The lowest BCUT2D eigenvalue weighted by Gasteiger charge is -2.22. The molecule has 4 aromatic rings. The van der Waals surface area contributed by atoms with Crippen LogP contribution in [0.15, 0.2) is 45.5 Å². The number of likely N-dealkylation sites (tertiary alicyclic amines) is 1. The first kappa shape index (κ1) is 18.5. The van der Waals surface area contributed by atoms with E-state index in [0.29, 0.717) is 29.8 Å². The lowest BCUT2D eigenvalue weighted by atomic mass is 10.1. The van der Waals surface area contributed by atoms with Gasteiger partial charge in [-0.3, -0.25) is 9.78 Å². The first-order valence-corrected chi connectivity index (χ1v) is 10.0. The van der Waals surface area contributed by atoms with Crippen molar-refractivity contribution in [3.8, 4) is 11.6 Å². The van der Waals surface area contributed by atoms with Crippen LogP contribution in [-0.2, 0) is 11.2 Å². The van der Waals surface area contributed by atoms with Crippen LogP contribution in [0.3, 0.4) is 0 Å². The van der Waals surface area contributed by atoms with Gasteiger partial charge in [-0.2, -0.15) is 0 Å². The number of carbonyl (C=O) groups is 1. The van der Waals surface area contributed by atoms with Crippen LogP contribution in [0.4, 0.5) is 0 Å². The number of aromatic nitrogens is 4. The first-order valence-electron chi connectivity index (χ1n) is 10.0. The summed E-state index contributed by atoms with van der Waals surface area (Å²) in [4.78, 5) is 19.3. The number of hydrogen-bond donors (Lipinski definition) is 0. The minimum absolute atomic E-state index is 0.00920. The van der Waals surface area contributed by atoms with Gasteiger partial charge in [-0.1, -0.05) is 29.4 Å². The minimum Gasteiger partial charge on any atom is -0.417 e. The van der Waals surface area contributed by atoms with Crippen LogP contribution in [0, 0.1) is 13.8 Å². The van der Waals surface area contributed by atoms with Gasteiger partial charge in [0.1, 0.15) is 17.5 Å². The Morgan fingerprint density at radius 2 is 2.07 bits per heavy atom. The molecule has 1 unspecified atom stereocenters. The normalized spacial score (nSPS) is 16.5. The summed E-state index contributed by atoms with van der Waals surface area (Å²) < 4.78 is 11.2. The van der Waals surface area contributed by atoms with Crippen molar-refractivity contribution in [1.82, 2.24) is 25.2 Å². The number of nitrogens with zero attached hydrogens (tertiary/aromatic N) is 5. The molecular weight excluding hydrogens is 382 g/mol. The molecule has 8 nitrogen and oxygen atoms in total. The molecule has 5 rings (SSSR count). The standard InChI is InChI=1S/C22H21N5O3/c1-13-17(14(2)30-26-13)12-19(28)27-11-5-8-18(27)21-24-25-22(29-21)20-16-7-4-3-6-15(16)9-10-23-20/h3-4,6-7,9-10,18H,5,8,11-12H2,1-2H3. The molecule has 1 atom stereocenters. The zero-order valence-electron chi connectivity index (χ0n) is 16.8. The Kier molecular flexibility index (Phi) is 4.54. The quantitative estimate of drug-likeness (QED) is 0.511. The smallest absolute Gasteiger partial charge is 0.267 e. The maximum atomic E-state index is 13.0. The fourth-order valence-corrected chi connectivity index (χ4v) is 4.08. The van der Waals surface area contributed by atoms with Crippen LogP contribution in [0.25, 0.3) is 22.4 Å². The van der Waals surface area contributed by atoms with E-state index in [1.54, 1.807) is 6.20 Å². The second-order valence-corrected chi connectivity index (χ2v) is 7.55. The molecule has 8 heteroatoms. The second-order valence-electron chi connectivity index (χ2n) is 7.55. The summed E-state index contributed by atoms with van der Waals surface area (Å²) >= 11 is 0. The topological polar surface area (TPSA) is 98.2 Å². The van der Waals surface area contributed by atoms with Gasteiger partial charge in [0.25, 0.3) is 5.89 Å². The molecule has 30 heavy (non-hydrogen) atoms. The third-order valence-electron chi connectivity index (χ3n) is 5.68.